The van der Waals surface area contributed by atoms with Gasteiger partial charge < -0.3 is 36.0 Å². The van der Waals surface area contributed by atoms with Gasteiger partial charge in [0.2, 0.25) is 5.91 Å². The number of ether oxygens (including phenoxy) is 1. The number of rotatable bonds is 10. The summed E-state index contributed by atoms with van der Waals surface area (Å²) in [4.78, 5) is 38.8. The highest BCUT2D eigenvalue weighted by atomic mass is 16.7. The number of para-hydroxylation sites is 1. The smallest absolute Gasteiger partial charge is 0.251 e. The van der Waals surface area contributed by atoms with Crippen LogP contribution in [0.5, 0.6) is 5.75 Å². The first-order chi connectivity index (χ1) is 24.1. The van der Waals surface area contributed by atoms with Gasteiger partial charge >= 0.3 is 0 Å². The third kappa shape index (κ3) is 6.02. The molecule has 4 aliphatic carbocycles. The van der Waals surface area contributed by atoms with E-state index in [2.05, 4.69) is 49.4 Å². The molecule has 11 heteroatoms. The second-order valence-electron chi connectivity index (χ2n) is 17.3. The van der Waals surface area contributed by atoms with Crippen molar-refractivity contribution in [3.8, 4) is 16.9 Å². The summed E-state index contributed by atoms with van der Waals surface area (Å²) < 4.78 is 6.11. The number of anilines is 1. The standard InChI is InChI=1S/C40H58N6O5/c1-23-31-17-27(38(31,2)3)18-32(23)43-37(48)35-40(22-39(40,4)49)33(19-41)51-46(35)20-24-10-9-11-30(34(24)50-8)25-14-26(16-29(15-25)44(5)6)36(47)42-28-12-13-45(7)21-28/h9-11,14-16,23,27-28,31-33,35,49H,12-13,17-22,41H2,1-8H3,(H,42,47)(H,43,48)/t23-,27+,28+,31-,32-,33-,35+,39?,40+/m0/s1. The van der Waals surface area contributed by atoms with E-state index in [-0.39, 0.29) is 37.0 Å². The van der Waals surface area contributed by atoms with Crippen molar-refractivity contribution in [3.63, 3.8) is 0 Å². The van der Waals surface area contributed by atoms with E-state index in [9.17, 15) is 14.7 Å². The summed E-state index contributed by atoms with van der Waals surface area (Å²) in [6, 6.07) is 11.3. The molecule has 6 aliphatic rings. The third-order valence-corrected chi connectivity index (χ3v) is 13.6. The van der Waals surface area contributed by atoms with Crippen LogP contribution in [0.2, 0.25) is 0 Å². The Morgan fingerprint density at radius 1 is 1.14 bits per heavy atom. The van der Waals surface area contributed by atoms with Crippen LogP contribution < -0.4 is 26.0 Å². The average Bonchev–Trinajstić information content (AvgIpc) is 3.31. The van der Waals surface area contributed by atoms with Gasteiger partial charge in [0, 0.05) is 61.6 Å². The molecule has 2 aromatic carbocycles. The van der Waals surface area contributed by atoms with Crippen molar-refractivity contribution in [3.05, 3.63) is 47.5 Å². The van der Waals surface area contributed by atoms with Gasteiger partial charge in [-0.25, -0.2) is 0 Å². The van der Waals surface area contributed by atoms with Gasteiger partial charge in [-0.2, -0.15) is 5.06 Å². The molecule has 1 unspecified atom stereocenters. The summed E-state index contributed by atoms with van der Waals surface area (Å²) in [7, 11) is 7.64. The monoisotopic (exact) mass is 702 g/mol. The molecule has 2 aliphatic heterocycles. The number of methoxy groups -OCH3 is 1. The fourth-order valence-electron chi connectivity index (χ4n) is 10.3. The predicted molar refractivity (Wildman–Crippen MR) is 198 cm³/mol. The zero-order valence-electron chi connectivity index (χ0n) is 31.7. The summed E-state index contributed by atoms with van der Waals surface area (Å²) in [5.74, 6) is 1.97. The number of aliphatic hydroxyl groups is 1. The van der Waals surface area contributed by atoms with E-state index in [1.165, 1.54) is 6.42 Å². The Kier molecular flexibility index (Phi) is 9.23. The molecule has 2 aromatic rings. The van der Waals surface area contributed by atoms with Crippen LogP contribution in [0.4, 0.5) is 5.69 Å². The Morgan fingerprint density at radius 3 is 2.47 bits per heavy atom. The van der Waals surface area contributed by atoms with E-state index in [0.29, 0.717) is 40.9 Å². The Labute approximate surface area is 303 Å². The van der Waals surface area contributed by atoms with Gasteiger partial charge in [-0.15, -0.1) is 0 Å². The molecule has 11 nitrogen and oxygen atoms in total. The number of carbonyl (C=O) groups is 2. The fraction of sp³-hybridized carbons (Fsp3) is 0.650. The number of nitrogens with zero attached hydrogens (tertiary/aromatic N) is 3. The predicted octanol–water partition coefficient (Wildman–Crippen LogP) is 3.63. The molecule has 2 heterocycles. The highest BCUT2D eigenvalue weighted by molar-refractivity contribution is 5.97. The maximum atomic E-state index is 14.5. The normalized spacial score (nSPS) is 35.4. The van der Waals surface area contributed by atoms with Gasteiger partial charge in [0.05, 0.1) is 24.7 Å². The van der Waals surface area contributed by atoms with Crippen LogP contribution >= 0.6 is 0 Å². The van der Waals surface area contributed by atoms with Crippen LogP contribution in [0.15, 0.2) is 36.4 Å². The summed E-state index contributed by atoms with van der Waals surface area (Å²) in [6.45, 7) is 11.0. The number of likely N-dealkylation sites (tertiary alicyclic amines) is 1. The fourth-order valence-corrected chi connectivity index (χ4v) is 10.3. The molecule has 278 valence electrons. The molecule has 9 atom stereocenters. The topological polar surface area (TPSA) is 133 Å². The number of benzene rings is 2. The van der Waals surface area contributed by atoms with Crippen LogP contribution in [0.1, 0.15) is 69.3 Å². The molecule has 4 saturated carbocycles. The highest BCUT2D eigenvalue weighted by Crippen LogP contribution is 2.66. The van der Waals surface area contributed by atoms with Crippen LogP contribution in [-0.2, 0) is 16.2 Å². The Balaban J connectivity index is 1.19. The number of hydroxylamine groups is 2. The molecule has 51 heavy (non-hydrogen) atoms. The minimum Gasteiger partial charge on any atom is -0.496 e. The van der Waals surface area contributed by atoms with Gasteiger partial charge in [-0.05, 0) is 93.1 Å². The van der Waals surface area contributed by atoms with Gasteiger partial charge in [-0.3, -0.25) is 14.4 Å². The van der Waals surface area contributed by atoms with E-state index in [0.717, 1.165) is 48.3 Å². The van der Waals surface area contributed by atoms with Crippen LogP contribution in [-0.4, -0.2) is 105 Å². The van der Waals surface area contributed by atoms with Crippen molar-refractivity contribution in [1.82, 2.24) is 20.6 Å². The third-order valence-electron chi connectivity index (χ3n) is 13.6. The van der Waals surface area contributed by atoms with Crippen LogP contribution in [0, 0.1) is 28.6 Å². The van der Waals surface area contributed by atoms with Crippen molar-refractivity contribution in [1.29, 1.82) is 0 Å². The van der Waals surface area contributed by atoms with Crippen molar-refractivity contribution in [2.45, 2.75) is 89.8 Å². The number of fused-ring (bicyclic) bond motifs is 2. The summed E-state index contributed by atoms with van der Waals surface area (Å²) in [6.07, 6.45) is 3.05. The Morgan fingerprint density at radius 2 is 1.88 bits per heavy atom. The number of carbonyl (C=O) groups excluding carboxylic acids is 2. The molecule has 2 amide bonds. The zero-order chi connectivity index (χ0) is 36.6. The summed E-state index contributed by atoms with van der Waals surface area (Å²) in [5.41, 5.74) is 8.67. The molecule has 0 aromatic heterocycles. The Hall–Kier alpha value is -3.22. The lowest BCUT2D eigenvalue weighted by Crippen LogP contribution is -2.62. The first-order valence-electron chi connectivity index (χ1n) is 18.8. The van der Waals surface area contributed by atoms with Crippen LogP contribution in [0.3, 0.4) is 0 Å². The van der Waals surface area contributed by atoms with E-state index in [4.69, 9.17) is 15.3 Å². The number of hydrogen-bond donors (Lipinski definition) is 4. The SMILES string of the molecule is COc1c(CN2O[C@@H](CN)[C@]3(CC3(C)O)[C@H]2C(=O)N[C@H]2C[C@H]3C[C@@H]([C@@H]2C)C3(C)C)cccc1-c1cc(C(=O)N[C@@H]2CCN(C)C2)cc(N(C)C)c1. The van der Waals surface area contributed by atoms with Crippen molar-refractivity contribution in [2.75, 3.05) is 52.8 Å². The first kappa shape index (κ1) is 36.2. The Bertz CT molecular complexity index is 1680. The zero-order valence-corrected chi connectivity index (χ0v) is 31.7. The molecular weight excluding hydrogens is 644 g/mol. The molecule has 0 radical (unpaired) electrons. The first-order valence-corrected chi connectivity index (χ1v) is 18.8. The average molecular weight is 703 g/mol. The number of likely N-dealkylation sites (N-methyl/N-ethyl adjacent to an activating group) is 1. The van der Waals surface area contributed by atoms with E-state index < -0.39 is 23.2 Å². The summed E-state index contributed by atoms with van der Waals surface area (Å²) in [5, 5.41) is 19.9. The van der Waals surface area contributed by atoms with E-state index in [1.807, 2.05) is 49.3 Å². The number of nitrogens with one attached hydrogen (secondary N) is 2. The van der Waals surface area contributed by atoms with E-state index in [1.54, 1.807) is 19.1 Å². The number of hydrogen-bond acceptors (Lipinski definition) is 9. The molecule has 2 bridgehead atoms. The molecular formula is C40H58N6O5. The quantitative estimate of drug-likeness (QED) is 0.293. The largest absolute Gasteiger partial charge is 0.496 e. The van der Waals surface area contributed by atoms with Crippen molar-refractivity contribution in [2.24, 2.45) is 34.3 Å². The molecule has 8 rings (SSSR count). The number of nitrogens with two attached hydrogens (primary N) is 1. The molecule has 2 saturated heterocycles. The summed E-state index contributed by atoms with van der Waals surface area (Å²) >= 11 is 0. The highest BCUT2D eigenvalue weighted by Gasteiger charge is 2.78. The lowest BCUT2D eigenvalue weighted by molar-refractivity contribution is -0.176. The lowest BCUT2D eigenvalue weighted by atomic mass is 9.45. The van der Waals surface area contributed by atoms with Crippen molar-refractivity contribution >= 4 is 17.5 Å². The minimum atomic E-state index is -1.08. The second kappa shape index (κ2) is 13.0. The molecule has 5 N–H and O–H groups in total. The van der Waals surface area contributed by atoms with Gasteiger partial charge in [0.15, 0.2) is 0 Å². The maximum Gasteiger partial charge on any atom is 0.251 e. The van der Waals surface area contributed by atoms with Gasteiger partial charge in [-0.1, -0.05) is 39.0 Å². The number of amides is 2. The maximum absolute atomic E-state index is 14.5. The van der Waals surface area contributed by atoms with Crippen LogP contribution in [0.25, 0.3) is 11.1 Å². The molecule has 1 spiro atoms. The molecule has 6 fully saturated rings. The van der Waals surface area contributed by atoms with Crippen molar-refractivity contribution < 1.29 is 24.3 Å². The van der Waals surface area contributed by atoms with Gasteiger partial charge in [0.25, 0.3) is 5.91 Å². The van der Waals surface area contributed by atoms with E-state index >= 15 is 0 Å². The lowest BCUT2D eigenvalue weighted by Gasteiger charge is -2.62. The minimum absolute atomic E-state index is 0.0802. The second-order valence-corrected chi connectivity index (χ2v) is 17.3. The van der Waals surface area contributed by atoms with Gasteiger partial charge in [0.1, 0.15) is 17.9 Å².